The number of pyridine rings is 1. The van der Waals surface area contributed by atoms with Crippen LogP contribution in [0.3, 0.4) is 0 Å². The van der Waals surface area contributed by atoms with Gasteiger partial charge in [-0.05, 0) is 55.2 Å². The highest BCUT2D eigenvalue weighted by atomic mass is 19.1. The lowest BCUT2D eigenvalue weighted by Gasteiger charge is -2.38. The first-order valence-corrected chi connectivity index (χ1v) is 13.8. The fraction of sp³-hybridized carbons (Fsp3) is 0.355. The zero-order valence-electron chi connectivity index (χ0n) is 23.6. The highest BCUT2D eigenvalue weighted by molar-refractivity contribution is 5.98. The second-order valence-electron chi connectivity index (χ2n) is 10.7. The van der Waals surface area contributed by atoms with E-state index < -0.39 is 36.0 Å². The van der Waals surface area contributed by atoms with E-state index in [1.807, 2.05) is 13.0 Å². The molecule has 0 spiro atoms. The molecule has 2 N–H and O–H groups in total. The normalized spacial score (nSPS) is 20.8. The van der Waals surface area contributed by atoms with Gasteiger partial charge in [0, 0.05) is 48.1 Å². The average molecular weight is 579 g/mol. The van der Waals surface area contributed by atoms with Crippen LogP contribution in [0.2, 0.25) is 0 Å². The number of carbonyl (C=O) groups is 3. The van der Waals surface area contributed by atoms with Gasteiger partial charge in [-0.1, -0.05) is 25.5 Å². The van der Waals surface area contributed by atoms with Gasteiger partial charge in [0.25, 0.3) is 0 Å². The molecule has 3 aromatic rings. The number of methoxy groups -OCH3 is 1. The molecule has 11 heteroatoms. The smallest absolute Gasteiger partial charge is 0.411 e. The monoisotopic (exact) mass is 578 g/mol. The summed E-state index contributed by atoms with van der Waals surface area (Å²) in [4.78, 5) is 44.2. The molecule has 42 heavy (non-hydrogen) atoms. The highest BCUT2D eigenvalue weighted by Gasteiger charge is 2.36. The molecule has 2 aromatic carbocycles. The number of rotatable bonds is 3. The van der Waals surface area contributed by atoms with Gasteiger partial charge in [-0.15, -0.1) is 0 Å². The molecule has 3 atom stereocenters. The third kappa shape index (κ3) is 5.90. The van der Waals surface area contributed by atoms with Crippen molar-refractivity contribution in [1.82, 2.24) is 9.88 Å². The van der Waals surface area contributed by atoms with Crippen LogP contribution in [0.4, 0.5) is 29.7 Å². The minimum Gasteiger partial charge on any atom is -0.453 e. The summed E-state index contributed by atoms with van der Waals surface area (Å²) in [5, 5.41) is 5.59. The number of hydrogen-bond acceptors (Lipinski definition) is 6. The van der Waals surface area contributed by atoms with Crippen molar-refractivity contribution in [1.29, 1.82) is 0 Å². The molecule has 9 nitrogen and oxygen atoms in total. The van der Waals surface area contributed by atoms with Gasteiger partial charge in [-0.25, -0.2) is 18.4 Å². The van der Waals surface area contributed by atoms with Crippen molar-refractivity contribution < 1.29 is 32.6 Å². The van der Waals surface area contributed by atoms with Gasteiger partial charge in [0.05, 0.1) is 24.4 Å². The largest absolute Gasteiger partial charge is 0.453 e. The van der Waals surface area contributed by atoms with Gasteiger partial charge in [0.1, 0.15) is 17.7 Å². The van der Waals surface area contributed by atoms with Gasteiger partial charge in [-0.3, -0.25) is 15.1 Å². The Morgan fingerprint density at radius 2 is 1.93 bits per heavy atom. The molecule has 3 amide bonds. The van der Waals surface area contributed by atoms with Gasteiger partial charge in [-0.2, -0.15) is 0 Å². The maximum absolute atomic E-state index is 14.8. The number of cyclic esters (lactones) is 1. The van der Waals surface area contributed by atoms with Crippen molar-refractivity contribution in [2.24, 2.45) is 5.92 Å². The number of anilines is 2. The third-order valence-electron chi connectivity index (χ3n) is 7.85. The quantitative estimate of drug-likeness (QED) is 0.350. The molecular weight excluding hydrogens is 546 g/mol. The summed E-state index contributed by atoms with van der Waals surface area (Å²) < 4.78 is 39.7. The number of nitrogens with one attached hydrogen (secondary N) is 2. The van der Waals surface area contributed by atoms with E-state index in [2.05, 4.69) is 20.4 Å². The van der Waals surface area contributed by atoms with Crippen molar-refractivity contribution in [3.63, 3.8) is 0 Å². The molecule has 2 aliphatic rings. The summed E-state index contributed by atoms with van der Waals surface area (Å²) in [5.41, 5.74) is 3.10. The van der Waals surface area contributed by atoms with Crippen LogP contribution < -0.4 is 10.6 Å². The van der Waals surface area contributed by atoms with Crippen LogP contribution in [0.15, 0.2) is 48.8 Å². The van der Waals surface area contributed by atoms with Gasteiger partial charge in [0.15, 0.2) is 0 Å². The van der Waals surface area contributed by atoms with Crippen molar-refractivity contribution >= 4 is 29.5 Å². The molecule has 1 saturated heterocycles. The molecule has 5 rings (SSSR count). The lowest BCUT2D eigenvalue weighted by molar-refractivity contribution is -0.119. The van der Waals surface area contributed by atoms with E-state index in [-0.39, 0.29) is 35.9 Å². The minimum absolute atomic E-state index is 0.185. The molecule has 220 valence electrons. The van der Waals surface area contributed by atoms with Gasteiger partial charge < -0.3 is 19.7 Å². The first kappa shape index (κ1) is 29.0. The fourth-order valence-electron chi connectivity index (χ4n) is 5.50. The number of amides is 3. The molecule has 1 fully saturated rings. The number of aryl methyl sites for hydroxylation is 1. The van der Waals surface area contributed by atoms with E-state index in [4.69, 9.17) is 4.74 Å². The van der Waals surface area contributed by atoms with E-state index in [0.717, 1.165) is 5.56 Å². The van der Waals surface area contributed by atoms with E-state index >= 15 is 0 Å². The van der Waals surface area contributed by atoms with Crippen LogP contribution in [0.1, 0.15) is 61.4 Å². The van der Waals surface area contributed by atoms with Crippen LogP contribution in [0.25, 0.3) is 11.1 Å². The second-order valence-corrected chi connectivity index (χ2v) is 10.7. The van der Waals surface area contributed by atoms with Crippen molar-refractivity contribution in [3.05, 3.63) is 77.1 Å². The fourth-order valence-corrected chi connectivity index (χ4v) is 5.50. The van der Waals surface area contributed by atoms with Gasteiger partial charge in [0.2, 0.25) is 5.91 Å². The number of ether oxygens (including phenoxy) is 2. The Balaban J connectivity index is 1.48. The molecule has 2 bridgehead atoms. The molecule has 1 aromatic heterocycles. The summed E-state index contributed by atoms with van der Waals surface area (Å²) in [6.07, 6.45) is 2.92. The summed E-state index contributed by atoms with van der Waals surface area (Å²) in [7, 11) is 1.26. The number of halogens is 2. The standard InChI is InChI=1S/C31H32F2N4O5/c1-17-7-10-23(32)27(28(17)33)26-11-12-37(31(40)42-26)25-6-4-5-18(2)29(38)36-24-14-21(35-30(39)41-3)8-9-22(24)19-13-20(25)16-34-15-19/h7-10,13-16,18,25-26H,4-6,11-12H2,1-3H3,(H,35,39)(H,36,38). The number of fused-ring (bicyclic) bond motifs is 4. The number of hydrogen-bond donors (Lipinski definition) is 2. The first-order chi connectivity index (χ1) is 20.2. The van der Waals surface area contributed by atoms with E-state index in [9.17, 15) is 23.2 Å². The van der Waals surface area contributed by atoms with Crippen molar-refractivity contribution in [2.75, 3.05) is 24.3 Å². The molecule has 3 heterocycles. The predicted molar refractivity (Wildman–Crippen MR) is 152 cm³/mol. The lowest BCUT2D eigenvalue weighted by Crippen LogP contribution is -2.42. The number of benzene rings is 2. The topological polar surface area (TPSA) is 110 Å². The summed E-state index contributed by atoms with van der Waals surface area (Å²) >= 11 is 0. The van der Waals surface area contributed by atoms with Crippen LogP contribution >= 0.6 is 0 Å². The molecule has 3 unspecified atom stereocenters. The van der Waals surface area contributed by atoms with Crippen LogP contribution in [0, 0.1) is 24.5 Å². The number of carbonyl (C=O) groups excluding carboxylic acids is 3. The number of nitrogens with zero attached hydrogens (tertiary/aromatic N) is 2. The predicted octanol–water partition coefficient (Wildman–Crippen LogP) is 6.90. The van der Waals surface area contributed by atoms with Crippen molar-refractivity contribution in [2.45, 2.75) is 51.7 Å². The first-order valence-electron chi connectivity index (χ1n) is 13.8. The molecule has 0 aliphatic carbocycles. The maximum Gasteiger partial charge on any atom is 0.411 e. The molecule has 2 aliphatic heterocycles. The maximum atomic E-state index is 14.8. The number of aromatic nitrogens is 1. The third-order valence-corrected chi connectivity index (χ3v) is 7.85. The van der Waals surface area contributed by atoms with Crippen LogP contribution in [-0.4, -0.2) is 41.6 Å². The summed E-state index contributed by atoms with van der Waals surface area (Å²) in [6, 6.07) is 9.11. The van der Waals surface area contributed by atoms with Gasteiger partial charge >= 0.3 is 12.2 Å². The Hall–Kier alpha value is -4.54. The Labute approximate surface area is 242 Å². The Morgan fingerprint density at radius 1 is 1.12 bits per heavy atom. The SMILES string of the molecule is COC(=O)Nc1ccc2c(c1)NC(=O)C(C)CCCC(N1CCC(c3c(F)ccc(C)c3F)OC1=O)c1cncc-2c1. The van der Waals surface area contributed by atoms with E-state index in [0.29, 0.717) is 41.8 Å². The lowest BCUT2D eigenvalue weighted by atomic mass is 9.93. The van der Waals surface area contributed by atoms with Crippen LogP contribution in [-0.2, 0) is 14.3 Å². The molecule has 0 radical (unpaired) electrons. The van der Waals surface area contributed by atoms with Crippen LogP contribution in [0.5, 0.6) is 0 Å². The van der Waals surface area contributed by atoms with Crippen molar-refractivity contribution in [3.8, 4) is 11.1 Å². The molecular formula is C31H32F2N4O5. The highest BCUT2D eigenvalue weighted by Crippen LogP contribution is 2.39. The van der Waals surface area contributed by atoms with E-state index in [1.54, 1.807) is 35.5 Å². The summed E-state index contributed by atoms with van der Waals surface area (Å²) in [5.74, 6) is -1.98. The Morgan fingerprint density at radius 3 is 2.69 bits per heavy atom. The Bertz CT molecular complexity index is 1530. The second kappa shape index (κ2) is 12.1. The Kier molecular flexibility index (Phi) is 8.37. The average Bonchev–Trinajstić information content (AvgIpc) is 2.97. The minimum atomic E-state index is -1.03. The molecule has 0 saturated carbocycles. The summed E-state index contributed by atoms with van der Waals surface area (Å²) in [6.45, 7) is 3.59. The zero-order valence-corrected chi connectivity index (χ0v) is 23.6. The zero-order chi connectivity index (χ0) is 30.0. The van der Waals surface area contributed by atoms with E-state index in [1.165, 1.54) is 26.2 Å².